The molecule has 0 aromatic heterocycles. The molecule has 1 N–H and O–H groups in total. The van der Waals surface area contributed by atoms with Crippen molar-refractivity contribution >= 4 is 11.4 Å². The van der Waals surface area contributed by atoms with Gasteiger partial charge in [0, 0.05) is 16.7 Å². The quantitative estimate of drug-likeness (QED) is 0.323. The predicted octanol–water partition coefficient (Wildman–Crippen LogP) is 7.49. The van der Waals surface area contributed by atoms with Crippen LogP contribution in [-0.4, -0.2) is 0 Å². The molecule has 0 aliphatic carbocycles. The van der Waals surface area contributed by atoms with E-state index in [0.717, 1.165) is 28.1 Å². The van der Waals surface area contributed by atoms with Crippen LogP contribution in [0.25, 0.3) is 5.70 Å². The molecule has 5 rings (SSSR count). The van der Waals surface area contributed by atoms with Crippen molar-refractivity contribution in [2.24, 2.45) is 0 Å². The van der Waals surface area contributed by atoms with Gasteiger partial charge in [0.05, 0.1) is 17.4 Å². The van der Waals surface area contributed by atoms with E-state index in [1.165, 1.54) is 11.1 Å². The highest BCUT2D eigenvalue weighted by molar-refractivity contribution is 5.73. The number of hydrazine groups is 1. The first kappa shape index (κ1) is 22.6. The first-order valence-electron chi connectivity index (χ1n) is 12.1. The summed E-state index contributed by atoms with van der Waals surface area (Å²) in [6, 6.07) is 38.1. The van der Waals surface area contributed by atoms with Crippen LogP contribution in [0.5, 0.6) is 0 Å². The van der Waals surface area contributed by atoms with Gasteiger partial charge >= 0.3 is 0 Å². The molecule has 1 aliphatic heterocycles. The van der Waals surface area contributed by atoms with Crippen LogP contribution >= 0.6 is 0 Å². The highest BCUT2D eigenvalue weighted by Gasteiger charge is 2.27. The molecule has 1 heterocycles. The van der Waals surface area contributed by atoms with Crippen LogP contribution in [-0.2, 0) is 5.41 Å². The summed E-state index contributed by atoms with van der Waals surface area (Å²) in [6.07, 6.45) is 2.31. The Morgan fingerprint density at radius 1 is 0.686 bits per heavy atom. The van der Waals surface area contributed by atoms with E-state index >= 15 is 0 Å². The second-order valence-electron chi connectivity index (χ2n) is 9.91. The van der Waals surface area contributed by atoms with Gasteiger partial charge in [-0.1, -0.05) is 105 Å². The van der Waals surface area contributed by atoms with E-state index in [9.17, 15) is 0 Å². The largest absolute Gasteiger partial charge is 0.297 e. The van der Waals surface area contributed by atoms with Crippen LogP contribution in [0.1, 0.15) is 54.6 Å². The number of para-hydroxylation sites is 1. The lowest BCUT2D eigenvalue weighted by atomic mass is 9.86. The third kappa shape index (κ3) is 5.15. The fourth-order valence-electron chi connectivity index (χ4n) is 4.30. The van der Waals surface area contributed by atoms with Crippen molar-refractivity contribution in [3.8, 4) is 11.8 Å². The number of hydrogen-bond acceptors (Lipinski definition) is 2. The van der Waals surface area contributed by atoms with Crippen LogP contribution < -0.4 is 10.4 Å². The molecule has 0 fully saturated rings. The smallest absolute Gasteiger partial charge is 0.0958 e. The molecular weight excluding hydrogens is 424 g/mol. The lowest BCUT2D eigenvalue weighted by Gasteiger charge is -2.28. The summed E-state index contributed by atoms with van der Waals surface area (Å²) in [4.78, 5) is 0. The summed E-state index contributed by atoms with van der Waals surface area (Å²) in [5.41, 5.74) is 11.7. The number of hydrogen-bond donors (Lipinski definition) is 1. The van der Waals surface area contributed by atoms with Gasteiger partial charge in [-0.2, -0.15) is 0 Å². The molecule has 0 spiro atoms. The molecule has 0 bridgehead atoms. The molecule has 172 valence electrons. The highest BCUT2D eigenvalue weighted by Crippen LogP contribution is 2.36. The Bertz CT molecular complexity index is 1380. The first-order chi connectivity index (χ1) is 17.0. The zero-order valence-electron chi connectivity index (χ0n) is 20.5. The van der Waals surface area contributed by atoms with E-state index < -0.39 is 0 Å². The molecule has 1 atom stereocenters. The van der Waals surface area contributed by atoms with E-state index in [2.05, 4.69) is 128 Å². The van der Waals surface area contributed by atoms with Crippen LogP contribution in [0, 0.1) is 11.8 Å². The van der Waals surface area contributed by atoms with Crippen molar-refractivity contribution in [2.75, 3.05) is 5.01 Å². The van der Waals surface area contributed by atoms with Crippen LogP contribution in [0.4, 0.5) is 5.69 Å². The molecule has 2 heteroatoms. The van der Waals surface area contributed by atoms with Crippen LogP contribution in [0.15, 0.2) is 115 Å². The molecule has 0 saturated heterocycles. The molecule has 0 amide bonds. The first-order valence-corrected chi connectivity index (χ1v) is 12.1. The number of anilines is 1. The highest BCUT2D eigenvalue weighted by atomic mass is 15.5. The molecule has 0 saturated carbocycles. The molecule has 35 heavy (non-hydrogen) atoms. The molecule has 0 radical (unpaired) electrons. The second-order valence-corrected chi connectivity index (χ2v) is 9.91. The maximum atomic E-state index is 3.66. The van der Waals surface area contributed by atoms with Gasteiger partial charge in [0.15, 0.2) is 0 Å². The topological polar surface area (TPSA) is 15.3 Å². The minimum Gasteiger partial charge on any atom is -0.297 e. The van der Waals surface area contributed by atoms with E-state index in [-0.39, 0.29) is 11.5 Å². The Morgan fingerprint density at radius 2 is 1.31 bits per heavy atom. The minimum atomic E-state index is 0.0838. The Labute approximate surface area is 208 Å². The summed E-state index contributed by atoms with van der Waals surface area (Å²) in [6.45, 7) is 6.75. The zero-order valence-corrected chi connectivity index (χ0v) is 20.5. The molecule has 2 nitrogen and oxygen atoms in total. The van der Waals surface area contributed by atoms with Crippen molar-refractivity contribution < 1.29 is 0 Å². The standard InChI is InChI=1S/C33H30N2/c1-33(2,3)29-21-19-27(20-22-29)32-24-31(34-35(32)30-15-8-5-9-16-30)28-14-10-13-26(23-28)18-17-25-11-6-4-7-12-25/h4-16,19-24,32,34H,1-3H3. The average Bonchev–Trinajstić information content (AvgIpc) is 3.34. The van der Waals surface area contributed by atoms with Gasteiger partial charge in [0.25, 0.3) is 0 Å². The van der Waals surface area contributed by atoms with Crippen molar-refractivity contribution in [3.05, 3.63) is 143 Å². The Hall–Kier alpha value is -4.22. The van der Waals surface area contributed by atoms with Gasteiger partial charge in [-0.3, -0.25) is 10.4 Å². The number of rotatable bonds is 3. The fourth-order valence-corrected chi connectivity index (χ4v) is 4.30. The van der Waals surface area contributed by atoms with Gasteiger partial charge < -0.3 is 0 Å². The van der Waals surface area contributed by atoms with Crippen molar-refractivity contribution in [2.45, 2.75) is 32.2 Å². The van der Waals surface area contributed by atoms with E-state index in [4.69, 9.17) is 0 Å². The molecule has 4 aromatic carbocycles. The Kier molecular flexibility index (Phi) is 6.17. The summed E-state index contributed by atoms with van der Waals surface area (Å²) in [5, 5.41) is 2.24. The normalized spacial score (nSPS) is 15.1. The van der Waals surface area contributed by atoms with Gasteiger partial charge in [-0.25, -0.2) is 0 Å². The van der Waals surface area contributed by atoms with E-state index in [0.29, 0.717) is 0 Å². The number of nitrogens with one attached hydrogen (secondary N) is 1. The lowest BCUT2D eigenvalue weighted by molar-refractivity contribution is 0.589. The maximum absolute atomic E-state index is 3.66. The van der Waals surface area contributed by atoms with Crippen molar-refractivity contribution in [1.29, 1.82) is 0 Å². The molecule has 1 aliphatic rings. The molecule has 4 aromatic rings. The monoisotopic (exact) mass is 454 g/mol. The van der Waals surface area contributed by atoms with Gasteiger partial charge in [0.2, 0.25) is 0 Å². The lowest BCUT2D eigenvalue weighted by Crippen LogP contribution is -2.33. The summed E-state index contributed by atoms with van der Waals surface area (Å²) in [5.74, 6) is 6.58. The third-order valence-corrected chi connectivity index (χ3v) is 6.29. The van der Waals surface area contributed by atoms with Crippen molar-refractivity contribution in [3.63, 3.8) is 0 Å². The number of benzene rings is 4. The summed E-state index contributed by atoms with van der Waals surface area (Å²) >= 11 is 0. The molecule has 1 unspecified atom stereocenters. The fraction of sp³-hybridized carbons (Fsp3) is 0.152. The van der Waals surface area contributed by atoms with E-state index in [1.807, 2.05) is 30.3 Å². The zero-order chi connectivity index (χ0) is 24.3. The third-order valence-electron chi connectivity index (χ3n) is 6.29. The Balaban J connectivity index is 1.48. The molecular formula is C33H30N2. The van der Waals surface area contributed by atoms with Crippen LogP contribution in [0.2, 0.25) is 0 Å². The van der Waals surface area contributed by atoms with E-state index in [1.54, 1.807) is 0 Å². The minimum absolute atomic E-state index is 0.0838. The van der Waals surface area contributed by atoms with Crippen LogP contribution in [0.3, 0.4) is 0 Å². The second kappa shape index (κ2) is 9.57. The Morgan fingerprint density at radius 3 is 2.00 bits per heavy atom. The SMILES string of the molecule is CC(C)(C)c1ccc(C2C=C(c3cccc(C#Cc4ccccc4)c3)NN2c2ccccc2)cc1. The predicted molar refractivity (Wildman–Crippen MR) is 147 cm³/mol. The van der Waals surface area contributed by atoms with Gasteiger partial charge in [-0.05, 0) is 59.0 Å². The average molecular weight is 455 g/mol. The number of nitrogens with zero attached hydrogens (tertiary/aromatic N) is 1. The van der Waals surface area contributed by atoms with Crippen molar-refractivity contribution in [1.82, 2.24) is 5.43 Å². The van der Waals surface area contributed by atoms with Gasteiger partial charge in [0.1, 0.15) is 0 Å². The summed E-state index contributed by atoms with van der Waals surface area (Å²) < 4.78 is 0. The maximum Gasteiger partial charge on any atom is 0.0958 e. The summed E-state index contributed by atoms with van der Waals surface area (Å²) in [7, 11) is 0. The van der Waals surface area contributed by atoms with Gasteiger partial charge in [-0.15, -0.1) is 0 Å².